The summed E-state index contributed by atoms with van der Waals surface area (Å²) >= 11 is 0. The van der Waals surface area contributed by atoms with Gasteiger partial charge in [0.15, 0.2) is 5.78 Å². The zero-order valence-corrected chi connectivity index (χ0v) is 11.6. The largest absolute Gasteiger partial charge is 0.293 e. The van der Waals surface area contributed by atoms with Gasteiger partial charge in [0, 0.05) is 11.1 Å². The summed E-state index contributed by atoms with van der Waals surface area (Å²) in [4.78, 5) is 12.0. The van der Waals surface area contributed by atoms with Gasteiger partial charge in [-0.15, -0.1) is 0 Å². The topological polar surface area (TPSA) is 63.2 Å². The van der Waals surface area contributed by atoms with Crippen LogP contribution in [-0.4, -0.2) is 20.5 Å². The molecule has 100 valence electrons. The van der Waals surface area contributed by atoms with E-state index in [0.29, 0.717) is 0 Å². The van der Waals surface area contributed by atoms with Gasteiger partial charge in [0.25, 0.3) is 0 Å². The predicted molar refractivity (Wildman–Crippen MR) is 68.7 cm³/mol. The molecule has 0 aliphatic rings. The minimum Gasteiger partial charge on any atom is -0.293 e. The van der Waals surface area contributed by atoms with Crippen LogP contribution in [0.3, 0.4) is 0 Å². The number of ketones is 1. The molecule has 0 amide bonds. The van der Waals surface area contributed by atoms with Crippen molar-refractivity contribution >= 4 is 21.5 Å². The van der Waals surface area contributed by atoms with E-state index in [4.69, 9.17) is 0 Å². The van der Waals surface area contributed by atoms with Gasteiger partial charge in [0.2, 0.25) is 10.0 Å². The number of benzene rings is 1. The Bertz CT molecular complexity index is 573. The molecule has 0 saturated carbocycles. The predicted octanol–water partition coefficient (Wildman–Crippen LogP) is 2.43. The molecule has 0 aromatic heterocycles. The molecule has 0 heterocycles. The number of hydrogen-bond donors (Lipinski definition) is 1. The van der Waals surface area contributed by atoms with Crippen molar-refractivity contribution in [3.05, 3.63) is 29.6 Å². The van der Waals surface area contributed by atoms with Crippen molar-refractivity contribution < 1.29 is 17.6 Å². The quantitative estimate of drug-likeness (QED) is 0.860. The Morgan fingerprint density at radius 1 is 1.28 bits per heavy atom. The zero-order valence-electron chi connectivity index (χ0n) is 10.7. The maximum Gasteiger partial charge on any atom is 0.229 e. The summed E-state index contributed by atoms with van der Waals surface area (Å²) in [7, 11) is -3.45. The van der Waals surface area contributed by atoms with Crippen LogP contribution in [0.25, 0.3) is 0 Å². The summed E-state index contributed by atoms with van der Waals surface area (Å²) in [6, 6.07) is 3.56. The molecule has 18 heavy (non-hydrogen) atoms. The Kier molecular flexibility index (Phi) is 3.81. The Balaban J connectivity index is 3.22. The summed E-state index contributed by atoms with van der Waals surface area (Å²) < 4.78 is 37.9. The summed E-state index contributed by atoms with van der Waals surface area (Å²) in [5.74, 6) is -1.04. The van der Waals surface area contributed by atoms with Crippen LogP contribution in [0.4, 0.5) is 10.1 Å². The number of rotatable bonds is 3. The van der Waals surface area contributed by atoms with E-state index in [-0.39, 0.29) is 17.0 Å². The summed E-state index contributed by atoms with van der Waals surface area (Å²) in [5.41, 5.74) is -0.674. The summed E-state index contributed by atoms with van der Waals surface area (Å²) in [6.07, 6.45) is 0.988. The number of nitrogens with one attached hydrogen (secondary N) is 1. The highest BCUT2D eigenvalue weighted by atomic mass is 32.2. The fraction of sp³-hybridized carbons (Fsp3) is 0.417. The van der Waals surface area contributed by atoms with E-state index in [1.165, 1.54) is 12.1 Å². The SMILES string of the molecule is CC(C)(C)C(=O)c1cc(NS(C)(=O)=O)ccc1F. The molecule has 0 aliphatic heterocycles. The third-order valence-corrected chi connectivity index (χ3v) is 2.80. The molecule has 1 aromatic carbocycles. The molecule has 1 N–H and O–H groups in total. The summed E-state index contributed by atoms with van der Waals surface area (Å²) in [6.45, 7) is 5.02. The van der Waals surface area contributed by atoms with Crippen LogP contribution in [0.5, 0.6) is 0 Å². The number of anilines is 1. The number of carbonyl (C=O) groups excluding carboxylic acids is 1. The molecule has 0 radical (unpaired) electrons. The number of hydrogen-bond acceptors (Lipinski definition) is 3. The molecule has 0 unspecified atom stereocenters. The molecule has 0 aliphatic carbocycles. The minimum absolute atomic E-state index is 0.115. The van der Waals surface area contributed by atoms with Gasteiger partial charge >= 0.3 is 0 Å². The zero-order chi connectivity index (χ0) is 14.1. The Hall–Kier alpha value is -1.43. The van der Waals surface area contributed by atoms with Gasteiger partial charge in [-0.1, -0.05) is 20.8 Å². The molecule has 0 bridgehead atoms. The van der Waals surface area contributed by atoms with Crippen molar-refractivity contribution in [2.24, 2.45) is 5.41 Å². The molecular weight excluding hydrogens is 257 g/mol. The van der Waals surface area contributed by atoms with Gasteiger partial charge in [0.1, 0.15) is 5.82 Å². The van der Waals surface area contributed by atoms with Crippen LogP contribution < -0.4 is 4.72 Å². The first-order chi connectivity index (χ1) is 8.00. The Morgan fingerprint density at radius 2 is 1.83 bits per heavy atom. The number of carbonyl (C=O) groups is 1. The Morgan fingerprint density at radius 3 is 2.28 bits per heavy atom. The van der Waals surface area contributed by atoms with Gasteiger partial charge in [-0.05, 0) is 18.2 Å². The van der Waals surface area contributed by atoms with Gasteiger partial charge in [-0.25, -0.2) is 12.8 Å². The molecule has 4 nitrogen and oxygen atoms in total. The fourth-order valence-corrected chi connectivity index (χ4v) is 1.94. The van der Waals surface area contributed by atoms with E-state index in [1.807, 2.05) is 0 Å². The van der Waals surface area contributed by atoms with Crippen LogP contribution in [0, 0.1) is 11.2 Å². The van der Waals surface area contributed by atoms with Crippen LogP contribution in [0.2, 0.25) is 0 Å². The highest BCUT2D eigenvalue weighted by Crippen LogP contribution is 2.25. The van der Waals surface area contributed by atoms with E-state index in [9.17, 15) is 17.6 Å². The standard InChI is InChI=1S/C12H16FNO3S/c1-12(2,3)11(15)9-7-8(5-6-10(9)13)14-18(4,16)17/h5-7,14H,1-4H3. The lowest BCUT2D eigenvalue weighted by Gasteiger charge is -2.17. The molecule has 0 atom stereocenters. The lowest BCUT2D eigenvalue weighted by Crippen LogP contribution is -2.21. The van der Waals surface area contributed by atoms with E-state index in [2.05, 4.69) is 4.72 Å². The fourth-order valence-electron chi connectivity index (χ4n) is 1.38. The van der Waals surface area contributed by atoms with Gasteiger partial charge in [-0.3, -0.25) is 9.52 Å². The maximum atomic E-state index is 13.6. The van der Waals surface area contributed by atoms with E-state index in [1.54, 1.807) is 20.8 Å². The van der Waals surface area contributed by atoms with E-state index in [0.717, 1.165) is 12.3 Å². The van der Waals surface area contributed by atoms with Gasteiger partial charge in [0.05, 0.1) is 11.8 Å². The average Bonchev–Trinajstić information content (AvgIpc) is 2.16. The molecule has 6 heteroatoms. The second-order valence-electron chi connectivity index (χ2n) is 5.15. The van der Waals surface area contributed by atoms with Crippen LogP contribution >= 0.6 is 0 Å². The van der Waals surface area contributed by atoms with Crippen molar-refractivity contribution in [3.63, 3.8) is 0 Å². The number of sulfonamides is 1. The van der Waals surface area contributed by atoms with Crippen molar-refractivity contribution in [2.75, 3.05) is 11.0 Å². The molecule has 0 spiro atoms. The monoisotopic (exact) mass is 273 g/mol. The second kappa shape index (κ2) is 4.68. The minimum atomic E-state index is -3.45. The van der Waals surface area contributed by atoms with Gasteiger partial charge in [-0.2, -0.15) is 0 Å². The highest BCUT2D eigenvalue weighted by Gasteiger charge is 2.25. The first kappa shape index (κ1) is 14.6. The number of halogens is 1. The normalized spacial score (nSPS) is 12.3. The lowest BCUT2D eigenvalue weighted by molar-refractivity contribution is 0.0854. The molecule has 0 saturated heterocycles. The Labute approximate surface area is 106 Å². The number of Topliss-reactive ketones (excluding diaryl/α,β-unsaturated/α-hetero) is 1. The molecular formula is C12H16FNO3S. The van der Waals surface area contributed by atoms with Crippen molar-refractivity contribution in [3.8, 4) is 0 Å². The molecule has 0 fully saturated rings. The van der Waals surface area contributed by atoms with Gasteiger partial charge < -0.3 is 0 Å². The highest BCUT2D eigenvalue weighted by molar-refractivity contribution is 7.92. The molecule has 1 aromatic rings. The first-order valence-corrected chi connectivity index (χ1v) is 7.22. The van der Waals surface area contributed by atoms with Crippen LogP contribution in [0.15, 0.2) is 18.2 Å². The summed E-state index contributed by atoms with van der Waals surface area (Å²) in [5, 5.41) is 0. The van der Waals surface area contributed by atoms with Crippen molar-refractivity contribution in [2.45, 2.75) is 20.8 Å². The van der Waals surface area contributed by atoms with E-state index < -0.39 is 21.3 Å². The molecule has 1 rings (SSSR count). The maximum absolute atomic E-state index is 13.6. The van der Waals surface area contributed by atoms with E-state index >= 15 is 0 Å². The lowest BCUT2D eigenvalue weighted by atomic mass is 9.86. The van der Waals surface area contributed by atoms with Crippen LogP contribution in [-0.2, 0) is 10.0 Å². The third-order valence-electron chi connectivity index (χ3n) is 2.20. The second-order valence-corrected chi connectivity index (χ2v) is 6.90. The van der Waals surface area contributed by atoms with Crippen molar-refractivity contribution in [1.29, 1.82) is 0 Å². The average molecular weight is 273 g/mol. The third kappa shape index (κ3) is 3.80. The first-order valence-electron chi connectivity index (χ1n) is 5.33. The van der Waals surface area contributed by atoms with Crippen LogP contribution in [0.1, 0.15) is 31.1 Å². The smallest absolute Gasteiger partial charge is 0.229 e. The van der Waals surface area contributed by atoms with Crippen molar-refractivity contribution in [1.82, 2.24) is 0 Å².